The van der Waals surface area contributed by atoms with Crippen LogP contribution in [0.25, 0.3) is 0 Å². The molecule has 1 atom stereocenters. The first-order chi connectivity index (χ1) is 9.26. The number of carbonyl (C=O) groups excluding carboxylic acids is 1. The molecular weight excluding hydrogens is 250 g/mol. The van der Waals surface area contributed by atoms with E-state index in [0.717, 1.165) is 12.1 Å². The van der Waals surface area contributed by atoms with Gasteiger partial charge in [0.2, 0.25) is 0 Å². The van der Waals surface area contributed by atoms with Gasteiger partial charge >= 0.3 is 0 Å². The summed E-state index contributed by atoms with van der Waals surface area (Å²) in [5, 5.41) is 3.08. The fraction of sp³-hybridized carbons (Fsp3) is 0.562. The second-order valence-corrected chi connectivity index (χ2v) is 6.32. The van der Waals surface area contributed by atoms with Crippen LogP contribution in [-0.4, -0.2) is 37.5 Å². The average Bonchev–Trinajstić information content (AvgIpc) is 2.37. The van der Waals surface area contributed by atoms with Gasteiger partial charge in [-0.1, -0.05) is 26.0 Å². The zero-order valence-corrected chi connectivity index (χ0v) is 13.2. The van der Waals surface area contributed by atoms with Gasteiger partial charge in [-0.15, -0.1) is 0 Å². The number of nitrogens with zero attached hydrogens (tertiary/aromatic N) is 1. The maximum Gasteiger partial charge on any atom is 0.251 e. The number of hydrogen-bond acceptors (Lipinski definition) is 3. The van der Waals surface area contributed by atoms with Gasteiger partial charge in [0.25, 0.3) is 5.91 Å². The van der Waals surface area contributed by atoms with E-state index in [9.17, 15) is 4.79 Å². The molecule has 0 spiro atoms. The molecular formula is C16H27N3O. The number of carbonyl (C=O) groups is 1. The molecule has 0 saturated heterocycles. The molecule has 20 heavy (non-hydrogen) atoms. The van der Waals surface area contributed by atoms with Crippen LogP contribution < -0.4 is 11.1 Å². The summed E-state index contributed by atoms with van der Waals surface area (Å²) in [5.41, 5.74) is 7.27. The van der Waals surface area contributed by atoms with E-state index in [1.54, 1.807) is 0 Å². The van der Waals surface area contributed by atoms with Crippen molar-refractivity contribution < 1.29 is 4.79 Å². The Labute approximate surface area is 122 Å². The van der Waals surface area contributed by atoms with Gasteiger partial charge in [-0.05, 0) is 44.1 Å². The Bertz CT molecular complexity index is 438. The van der Waals surface area contributed by atoms with Crippen molar-refractivity contribution in [3.8, 4) is 0 Å². The van der Waals surface area contributed by atoms with Crippen LogP contribution in [0.4, 0.5) is 0 Å². The Morgan fingerprint density at radius 1 is 1.30 bits per heavy atom. The summed E-state index contributed by atoms with van der Waals surface area (Å²) in [6.45, 7) is 7.79. The van der Waals surface area contributed by atoms with E-state index in [1.165, 1.54) is 0 Å². The van der Waals surface area contributed by atoms with E-state index in [4.69, 9.17) is 5.73 Å². The van der Waals surface area contributed by atoms with Crippen molar-refractivity contribution in [2.24, 2.45) is 11.1 Å². The zero-order valence-electron chi connectivity index (χ0n) is 13.2. The minimum atomic E-state index is -0.0343. The van der Waals surface area contributed by atoms with Crippen LogP contribution in [0, 0.1) is 5.41 Å². The maximum atomic E-state index is 12.2. The molecule has 1 aromatic carbocycles. The molecule has 1 rings (SSSR count). The Morgan fingerprint density at radius 2 is 1.85 bits per heavy atom. The van der Waals surface area contributed by atoms with Crippen LogP contribution in [0.2, 0.25) is 0 Å². The lowest BCUT2D eigenvalue weighted by atomic mass is 9.84. The molecule has 0 saturated carbocycles. The number of benzene rings is 1. The van der Waals surface area contributed by atoms with Gasteiger partial charge in [-0.25, -0.2) is 0 Å². The van der Waals surface area contributed by atoms with Crippen molar-refractivity contribution in [1.82, 2.24) is 10.2 Å². The highest BCUT2D eigenvalue weighted by molar-refractivity contribution is 5.94. The number of nitrogens with two attached hydrogens (primary N) is 1. The second kappa shape index (κ2) is 6.86. The van der Waals surface area contributed by atoms with E-state index in [1.807, 2.05) is 38.4 Å². The van der Waals surface area contributed by atoms with Crippen LogP contribution in [-0.2, 0) is 6.54 Å². The Balaban J connectivity index is 2.69. The minimum absolute atomic E-state index is 0.0103. The fourth-order valence-corrected chi connectivity index (χ4v) is 2.22. The Morgan fingerprint density at radius 3 is 2.30 bits per heavy atom. The normalized spacial score (nSPS) is 13.3. The number of amides is 1. The molecule has 112 valence electrons. The largest absolute Gasteiger partial charge is 0.349 e. The highest BCUT2D eigenvalue weighted by Gasteiger charge is 2.28. The molecule has 0 aliphatic carbocycles. The van der Waals surface area contributed by atoms with E-state index in [-0.39, 0.29) is 17.4 Å². The van der Waals surface area contributed by atoms with E-state index >= 15 is 0 Å². The molecule has 0 fully saturated rings. The topological polar surface area (TPSA) is 58.4 Å². The van der Waals surface area contributed by atoms with Crippen molar-refractivity contribution >= 4 is 5.91 Å². The first-order valence-corrected chi connectivity index (χ1v) is 7.01. The van der Waals surface area contributed by atoms with Crippen LogP contribution in [0.15, 0.2) is 24.3 Å². The van der Waals surface area contributed by atoms with Gasteiger partial charge in [0, 0.05) is 24.7 Å². The second-order valence-electron chi connectivity index (χ2n) is 6.32. The quantitative estimate of drug-likeness (QED) is 0.834. The molecule has 0 aliphatic rings. The highest BCUT2D eigenvalue weighted by atomic mass is 16.1. The van der Waals surface area contributed by atoms with Gasteiger partial charge in [-0.3, -0.25) is 4.79 Å². The summed E-state index contributed by atoms with van der Waals surface area (Å²) in [5.74, 6) is -0.0343. The first-order valence-electron chi connectivity index (χ1n) is 7.01. The lowest BCUT2D eigenvalue weighted by Crippen LogP contribution is -2.47. The summed E-state index contributed by atoms with van der Waals surface area (Å²) in [6, 6.07) is 7.52. The molecule has 4 heteroatoms. The third kappa shape index (κ3) is 4.62. The highest BCUT2D eigenvalue weighted by Crippen LogP contribution is 2.21. The molecule has 0 radical (unpaired) electrons. The van der Waals surface area contributed by atoms with Crippen molar-refractivity contribution in [2.45, 2.75) is 33.4 Å². The average molecular weight is 277 g/mol. The number of rotatable bonds is 6. The predicted molar refractivity (Wildman–Crippen MR) is 83.6 cm³/mol. The summed E-state index contributed by atoms with van der Waals surface area (Å²) < 4.78 is 0. The molecule has 3 N–H and O–H groups in total. The standard InChI is InChI=1S/C16H27N3O/c1-12(16(2,3)11-19(4)5)18-15(20)14-8-6-13(10-17)7-9-14/h6-9,12H,10-11,17H2,1-5H3,(H,18,20). The van der Waals surface area contributed by atoms with Crippen molar-refractivity contribution in [3.63, 3.8) is 0 Å². The molecule has 1 amide bonds. The van der Waals surface area contributed by atoms with Gasteiger partial charge in [0.05, 0.1) is 0 Å². The summed E-state index contributed by atoms with van der Waals surface area (Å²) in [6.07, 6.45) is 0. The van der Waals surface area contributed by atoms with Crippen molar-refractivity contribution in [2.75, 3.05) is 20.6 Å². The van der Waals surface area contributed by atoms with Crippen LogP contribution in [0.3, 0.4) is 0 Å². The van der Waals surface area contributed by atoms with Gasteiger partial charge in [-0.2, -0.15) is 0 Å². The monoisotopic (exact) mass is 277 g/mol. The van der Waals surface area contributed by atoms with Crippen LogP contribution >= 0.6 is 0 Å². The van der Waals surface area contributed by atoms with Crippen molar-refractivity contribution in [1.29, 1.82) is 0 Å². The summed E-state index contributed by atoms with van der Waals surface area (Å²) in [4.78, 5) is 14.4. The van der Waals surface area contributed by atoms with Crippen molar-refractivity contribution in [3.05, 3.63) is 35.4 Å². The molecule has 0 aromatic heterocycles. The number of nitrogens with one attached hydrogen (secondary N) is 1. The predicted octanol–water partition coefficient (Wildman–Crippen LogP) is 1.85. The maximum absolute atomic E-state index is 12.2. The lowest BCUT2D eigenvalue weighted by Gasteiger charge is -2.34. The van der Waals surface area contributed by atoms with Crippen LogP contribution in [0.1, 0.15) is 36.7 Å². The number of hydrogen-bond donors (Lipinski definition) is 2. The van der Waals surface area contributed by atoms with E-state index in [0.29, 0.717) is 12.1 Å². The summed E-state index contributed by atoms with van der Waals surface area (Å²) in [7, 11) is 4.09. The summed E-state index contributed by atoms with van der Waals surface area (Å²) >= 11 is 0. The third-order valence-electron chi connectivity index (χ3n) is 3.70. The fourth-order valence-electron chi connectivity index (χ4n) is 2.22. The van der Waals surface area contributed by atoms with E-state index < -0.39 is 0 Å². The molecule has 1 aromatic rings. The molecule has 0 heterocycles. The molecule has 4 nitrogen and oxygen atoms in total. The first kappa shape index (κ1) is 16.7. The Kier molecular flexibility index (Phi) is 5.72. The van der Waals surface area contributed by atoms with Gasteiger partial charge < -0.3 is 16.0 Å². The zero-order chi connectivity index (χ0) is 15.3. The molecule has 0 bridgehead atoms. The third-order valence-corrected chi connectivity index (χ3v) is 3.70. The molecule has 0 aliphatic heterocycles. The Hall–Kier alpha value is -1.39. The minimum Gasteiger partial charge on any atom is -0.349 e. The SMILES string of the molecule is CC(NC(=O)c1ccc(CN)cc1)C(C)(C)CN(C)C. The van der Waals surface area contributed by atoms with Gasteiger partial charge in [0.1, 0.15) is 0 Å². The van der Waals surface area contributed by atoms with Crippen LogP contribution in [0.5, 0.6) is 0 Å². The van der Waals surface area contributed by atoms with E-state index in [2.05, 4.69) is 31.0 Å². The lowest BCUT2D eigenvalue weighted by molar-refractivity contribution is 0.0885. The molecule has 1 unspecified atom stereocenters. The smallest absolute Gasteiger partial charge is 0.251 e. The van der Waals surface area contributed by atoms with Gasteiger partial charge in [0.15, 0.2) is 0 Å².